The topological polar surface area (TPSA) is 12.0 Å². The third-order valence-corrected chi connectivity index (χ3v) is 3.04. The molecule has 0 fully saturated rings. The Hall–Kier alpha value is -0.410. The Morgan fingerprint density at radius 3 is 2.62 bits per heavy atom. The molecule has 0 aliphatic heterocycles. The Balaban J connectivity index is 2.82. The lowest BCUT2D eigenvalue weighted by Crippen LogP contribution is -2.21. The van der Waals surface area contributed by atoms with Crippen molar-refractivity contribution in [2.75, 3.05) is 6.54 Å². The minimum absolute atomic E-state index is 0.177. The summed E-state index contributed by atoms with van der Waals surface area (Å²) in [6.07, 6.45) is 3.38. The second-order valence-electron chi connectivity index (χ2n) is 3.96. The lowest BCUT2D eigenvalue weighted by Gasteiger charge is -2.18. The molecule has 0 radical (unpaired) electrons. The molecule has 0 spiro atoms. The first-order chi connectivity index (χ1) is 7.67. The van der Waals surface area contributed by atoms with Crippen LogP contribution >= 0.6 is 15.9 Å². The van der Waals surface area contributed by atoms with Gasteiger partial charge in [-0.05, 0) is 36.7 Å². The summed E-state index contributed by atoms with van der Waals surface area (Å²) in [4.78, 5) is 0. The van der Waals surface area contributed by atoms with Crippen molar-refractivity contribution in [1.29, 1.82) is 0 Å². The minimum atomic E-state index is -0.177. The first kappa shape index (κ1) is 13.7. The Morgan fingerprint density at radius 2 is 2.06 bits per heavy atom. The van der Waals surface area contributed by atoms with E-state index in [4.69, 9.17) is 0 Å². The largest absolute Gasteiger partial charge is 0.310 e. The van der Waals surface area contributed by atoms with Crippen LogP contribution in [0.15, 0.2) is 22.7 Å². The van der Waals surface area contributed by atoms with Gasteiger partial charge < -0.3 is 5.32 Å². The van der Waals surface area contributed by atoms with E-state index in [0.717, 1.165) is 29.4 Å². The molecule has 1 atom stereocenters. The standard InChI is InChI=1S/C13H19BrFN/c1-3-5-6-13(16-4-2)10-7-11(14)9-12(15)8-10/h7-9,13,16H,3-6H2,1-2H3. The fourth-order valence-corrected chi connectivity index (χ4v) is 2.30. The summed E-state index contributed by atoms with van der Waals surface area (Å²) in [5.41, 5.74) is 1.03. The molecule has 3 heteroatoms. The van der Waals surface area contributed by atoms with Crippen LogP contribution in [0.1, 0.15) is 44.7 Å². The van der Waals surface area contributed by atoms with Crippen molar-refractivity contribution in [1.82, 2.24) is 5.32 Å². The molecule has 1 nitrogen and oxygen atoms in total. The predicted octanol–water partition coefficient (Wildman–Crippen LogP) is 4.43. The average Bonchev–Trinajstić information content (AvgIpc) is 2.22. The summed E-state index contributed by atoms with van der Waals surface area (Å²) in [5, 5.41) is 3.40. The summed E-state index contributed by atoms with van der Waals surface area (Å²) in [6, 6.07) is 5.36. The van der Waals surface area contributed by atoms with Gasteiger partial charge in [-0.1, -0.05) is 42.6 Å². The molecule has 1 aromatic carbocycles. The maximum Gasteiger partial charge on any atom is 0.124 e. The summed E-state index contributed by atoms with van der Waals surface area (Å²) < 4.78 is 14.1. The molecule has 0 heterocycles. The summed E-state index contributed by atoms with van der Waals surface area (Å²) >= 11 is 3.33. The monoisotopic (exact) mass is 287 g/mol. The fraction of sp³-hybridized carbons (Fsp3) is 0.538. The van der Waals surface area contributed by atoms with Crippen molar-refractivity contribution < 1.29 is 4.39 Å². The van der Waals surface area contributed by atoms with Crippen LogP contribution in [0.25, 0.3) is 0 Å². The number of unbranched alkanes of at least 4 members (excludes halogenated alkanes) is 1. The molecule has 1 aromatic rings. The molecule has 1 rings (SSSR count). The molecule has 0 saturated heterocycles. The molecule has 0 aliphatic rings. The van der Waals surface area contributed by atoms with Gasteiger partial charge in [-0.3, -0.25) is 0 Å². The molecule has 0 saturated carbocycles. The van der Waals surface area contributed by atoms with Gasteiger partial charge >= 0.3 is 0 Å². The van der Waals surface area contributed by atoms with Gasteiger partial charge in [0.2, 0.25) is 0 Å². The van der Waals surface area contributed by atoms with Crippen molar-refractivity contribution >= 4 is 15.9 Å². The SMILES string of the molecule is CCCCC(NCC)c1cc(F)cc(Br)c1. The van der Waals surface area contributed by atoms with Crippen LogP contribution in [0.2, 0.25) is 0 Å². The normalized spacial score (nSPS) is 12.8. The highest BCUT2D eigenvalue weighted by atomic mass is 79.9. The summed E-state index contributed by atoms with van der Waals surface area (Å²) in [7, 11) is 0. The molecular weight excluding hydrogens is 269 g/mol. The van der Waals surface area contributed by atoms with Crippen molar-refractivity contribution in [3.8, 4) is 0 Å². The predicted molar refractivity (Wildman–Crippen MR) is 70.0 cm³/mol. The quantitative estimate of drug-likeness (QED) is 0.816. The van der Waals surface area contributed by atoms with Gasteiger partial charge in [-0.15, -0.1) is 0 Å². The van der Waals surface area contributed by atoms with E-state index < -0.39 is 0 Å². The second-order valence-corrected chi connectivity index (χ2v) is 4.87. The first-order valence-corrected chi connectivity index (χ1v) is 6.66. The van der Waals surface area contributed by atoms with E-state index in [0.29, 0.717) is 0 Å². The maximum atomic E-state index is 13.3. The third-order valence-electron chi connectivity index (χ3n) is 2.58. The summed E-state index contributed by atoms with van der Waals surface area (Å²) in [5.74, 6) is -0.177. The van der Waals surface area contributed by atoms with Crippen molar-refractivity contribution in [3.63, 3.8) is 0 Å². The number of benzene rings is 1. The Morgan fingerprint density at radius 1 is 1.31 bits per heavy atom. The van der Waals surface area contributed by atoms with Gasteiger partial charge in [0.05, 0.1) is 0 Å². The molecule has 16 heavy (non-hydrogen) atoms. The van der Waals surface area contributed by atoms with E-state index in [1.54, 1.807) is 6.07 Å². The average molecular weight is 288 g/mol. The smallest absolute Gasteiger partial charge is 0.124 e. The maximum absolute atomic E-state index is 13.3. The zero-order valence-electron chi connectivity index (χ0n) is 9.89. The Bertz CT molecular complexity index is 307. The van der Waals surface area contributed by atoms with Gasteiger partial charge in [-0.25, -0.2) is 4.39 Å². The van der Waals surface area contributed by atoms with Crippen LogP contribution in [0.5, 0.6) is 0 Å². The molecule has 0 aromatic heterocycles. The van der Waals surface area contributed by atoms with Gasteiger partial charge in [0.15, 0.2) is 0 Å². The van der Waals surface area contributed by atoms with Crippen molar-refractivity contribution in [3.05, 3.63) is 34.1 Å². The van der Waals surface area contributed by atoms with Crippen LogP contribution in [0.3, 0.4) is 0 Å². The van der Waals surface area contributed by atoms with E-state index in [2.05, 4.69) is 35.1 Å². The highest BCUT2D eigenvalue weighted by Crippen LogP contribution is 2.24. The van der Waals surface area contributed by atoms with Gasteiger partial charge in [0.1, 0.15) is 5.82 Å². The van der Waals surface area contributed by atoms with E-state index >= 15 is 0 Å². The van der Waals surface area contributed by atoms with Gasteiger partial charge in [-0.2, -0.15) is 0 Å². The molecule has 1 unspecified atom stereocenters. The van der Waals surface area contributed by atoms with E-state index in [9.17, 15) is 4.39 Å². The highest BCUT2D eigenvalue weighted by Gasteiger charge is 2.11. The number of rotatable bonds is 6. The molecule has 0 bridgehead atoms. The summed E-state index contributed by atoms with van der Waals surface area (Å²) in [6.45, 7) is 5.15. The lowest BCUT2D eigenvalue weighted by molar-refractivity contribution is 0.491. The Labute approximate surface area is 106 Å². The molecule has 1 N–H and O–H groups in total. The van der Waals surface area contributed by atoms with Crippen LogP contribution in [0.4, 0.5) is 4.39 Å². The molecule has 90 valence electrons. The Kier molecular flexibility index (Phi) is 5.99. The number of hydrogen-bond donors (Lipinski definition) is 1. The first-order valence-electron chi connectivity index (χ1n) is 5.86. The van der Waals surface area contributed by atoms with E-state index in [1.807, 2.05) is 6.07 Å². The van der Waals surface area contributed by atoms with Crippen LogP contribution < -0.4 is 5.32 Å². The van der Waals surface area contributed by atoms with Crippen molar-refractivity contribution in [2.24, 2.45) is 0 Å². The van der Waals surface area contributed by atoms with E-state index in [1.165, 1.54) is 12.5 Å². The zero-order valence-corrected chi connectivity index (χ0v) is 11.5. The number of halogens is 2. The van der Waals surface area contributed by atoms with Crippen LogP contribution in [-0.2, 0) is 0 Å². The molecule has 0 aliphatic carbocycles. The number of nitrogens with one attached hydrogen (secondary N) is 1. The molecular formula is C13H19BrFN. The number of hydrogen-bond acceptors (Lipinski definition) is 1. The lowest BCUT2D eigenvalue weighted by atomic mass is 10.0. The highest BCUT2D eigenvalue weighted by molar-refractivity contribution is 9.10. The zero-order chi connectivity index (χ0) is 12.0. The van der Waals surface area contributed by atoms with Crippen molar-refractivity contribution in [2.45, 2.75) is 39.2 Å². The van der Waals surface area contributed by atoms with Gasteiger partial charge in [0, 0.05) is 10.5 Å². The van der Waals surface area contributed by atoms with Gasteiger partial charge in [0.25, 0.3) is 0 Å². The van der Waals surface area contributed by atoms with Crippen LogP contribution in [0, 0.1) is 5.82 Å². The minimum Gasteiger partial charge on any atom is -0.310 e. The second kappa shape index (κ2) is 7.02. The third kappa shape index (κ3) is 4.22. The fourth-order valence-electron chi connectivity index (χ4n) is 1.82. The van der Waals surface area contributed by atoms with Crippen LogP contribution in [-0.4, -0.2) is 6.54 Å². The van der Waals surface area contributed by atoms with E-state index in [-0.39, 0.29) is 11.9 Å². The molecule has 0 amide bonds.